The van der Waals surface area contributed by atoms with Crippen molar-refractivity contribution in [2.24, 2.45) is 5.73 Å². The van der Waals surface area contributed by atoms with Gasteiger partial charge in [-0.25, -0.2) is 4.57 Å². The molecule has 0 heterocycles. The lowest BCUT2D eigenvalue weighted by atomic mass is 10.0. The molecule has 58 heavy (non-hydrogen) atoms. The first-order valence-corrected chi connectivity index (χ1v) is 25.6. The van der Waals surface area contributed by atoms with Crippen molar-refractivity contribution in [3.05, 3.63) is 48.6 Å². The fourth-order valence-corrected chi connectivity index (χ4v) is 7.54. The van der Waals surface area contributed by atoms with Gasteiger partial charge in [0.25, 0.3) is 0 Å². The molecule has 2 unspecified atom stereocenters. The van der Waals surface area contributed by atoms with Gasteiger partial charge in [0.1, 0.15) is 6.10 Å². The van der Waals surface area contributed by atoms with Gasteiger partial charge in [0, 0.05) is 19.6 Å². The van der Waals surface area contributed by atoms with E-state index in [-0.39, 0.29) is 32.8 Å². The minimum atomic E-state index is -4.30. The summed E-state index contributed by atoms with van der Waals surface area (Å²) < 4.78 is 33.4. The summed E-state index contributed by atoms with van der Waals surface area (Å²) in [6.07, 6.45) is 56.1. The molecule has 0 bridgehead atoms. The Morgan fingerprint density at radius 2 is 0.931 bits per heavy atom. The van der Waals surface area contributed by atoms with Gasteiger partial charge in [0.2, 0.25) is 0 Å². The second kappa shape index (κ2) is 46.5. The van der Waals surface area contributed by atoms with E-state index in [2.05, 4.69) is 50.3 Å². The molecule has 0 aliphatic rings. The Bertz CT molecular complexity index is 1030. The van der Waals surface area contributed by atoms with E-state index < -0.39 is 19.9 Å². The maximum absolute atomic E-state index is 12.5. The van der Waals surface area contributed by atoms with Crippen molar-refractivity contribution in [3.63, 3.8) is 0 Å². The number of phosphoric ester groups is 1. The molecule has 0 aromatic rings. The predicted molar refractivity (Wildman–Crippen MR) is 247 cm³/mol. The Labute approximate surface area is 358 Å². The highest BCUT2D eigenvalue weighted by Crippen LogP contribution is 2.43. The molecule has 0 saturated heterocycles. The van der Waals surface area contributed by atoms with Crippen LogP contribution in [0.4, 0.5) is 0 Å². The number of phosphoric acid groups is 1. The summed E-state index contributed by atoms with van der Waals surface area (Å²) in [6.45, 7) is 4.73. The SMILES string of the molecule is CC/C=C\C/C=C\C/C=C\C/C=C\CCC(=O)OC(COCCCCCCCCCCCCCCCCCCCCCCCCCCCC)COP(=O)(O)OCCN. The van der Waals surface area contributed by atoms with Gasteiger partial charge in [-0.05, 0) is 38.5 Å². The third kappa shape index (κ3) is 45.5. The first-order valence-electron chi connectivity index (χ1n) is 24.1. The molecule has 0 aromatic carbocycles. The van der Waals surface area contributed by atoms with Crippen LogP contribution in [-0.4, -0.2) is 49.9 Å². The highest BCUT2D eigenvalue weighted by Gasteiger charge is 2.25. The van der Waals surface area contributed by atoms with Crippen LogP contribution in [0.2, 0.25) is 0 Å². The smallest absolute Gasteiger partial charge is 0.457 e. The van der Waals surface area contributed by atoms with E-state index in [1.54, 1.807) is 0 Å². The number of hydrogen-bond donors (Lipinski definition) is 2. The van der Waals surface area contributed by atoms with Crippen LogP contribution >= 0.6 is 7.82 Å². The molecule has 0 spiro atoms. The van der Waals surface area contributed by atoms with Crippen LogP contribution < -0.4 is 5.73 Å². The number of ether oxygens (including phenoxy) is 2. The Balaban J connectivity index is 3.89. The number of rotatable bonds is 46. The van der Waals surface area contributed by atoms with Crippen molar-refractivity contribution in [1.29, 1.82) is 0 Å². The summed E-state index contributed by atoms with van der Waals surface area (Å²) in [5.74, 6) is -0.407. The minimum Gasteiger partial charge on any atom is -0.457 e. The average Bonchev–Trinajstić information content (AvgIpc) is 3.21. The lowest BCUT2D eigenvalue weighted by Gasteiger charge is -2.20. The quantitative estimate of drug-likeness (QED) is 0.0269. The summed E-state index contributed by atoms with van der Waals surface area (Å²) in [7, 11) is -4.30. The number of carbonyl (C=O) groups is 1. The lowest BCUT2D eigenvalue weighted by Crippen LogP contribution is -2.28. The molecule has 0 rings (SSSR count). The number of unbranched alkanes of at least 4 members (excludes halogenated alkanes) is 25. The first kappa shape index (κ1) is 56.5. The monoisotopic (exact) mass is 838 g/mol. The molecule has 8 nitrogen and oxygen atoms in total. The van der Waals surface area contributed by atoms with E-state index in [0.29, 0.717) is 13.0 Å². The van der Waals surface area contributed by atoms with Crippen molar-refractivity contribution < 1.29 is 32.8 Å². The van der Waals surface area contributed by atoms with Crippen LogP contribution in [0.5, 0.6) is 0 Å². The summed E-state index contributed by atoms with van der Waals surface area (Å²) in [5.41, 5.74) is 5.37. The molecule has 0 saturated carbocycles. The van der Waals surface area contributed by atoms with Gasteiger partial charge in [-0.1, -0.05) is 223 Å². The van der Waals surface area contributed by atoms with Gasteiger partial charge in [0.05, 0.1) is 19.8 Å². The van der Waals surface area contributed by atoms with Crippen molar-refractivity contribution >= 4 is 13.8 Å². The van der Waals surface area contributed by atoms with E-state index in [4.69, 9.17) is 24.3 Å². The predicted octanol–water partition coefficient (Wildman–Crippen LogP) is 14.8. The largest absolute Gasteiger partial charge is 0.472 e. The molecule has 0 amide bonds. The van der Waals surface area contributed by atoms with Crippen LogP contribution in [0.1, 0.15) is 219 Å². The summed E-state index contributed by atoms with van der Waals surface area (Å²) in [6, 6.07) is 0. The summed E-state index contributed by atoms with van der Waals surface area (Å²) in [4.78, 5) is 22.4. The van der Waals surface area contributed by atoms with Crippen molar-refractivity contribution in [1.82, 2.24) is 0 Å². The standard InChI is InChI=1S/C49H92NO7P/c1-3-5-7-9-11-13-15-17-18-19-20-21-22-23-24-25-26-27-28-29-31-33-35-37-39-41-44-54-46-48(47-56-58(52,53)55-45-43-50)57-49(51)42-40-38-36-34-32-30-16-14-12-10-8-6-4-2/h6,8,12,14,30,32,36,38,48H,3-5,7,9-11,13,15-29,31,33-35,37,39-47,50H2,1-2H3,(H,52,53)/b8-6-,14-12-,32-30-,38-36-. The topological polar surface area (TPSA) is 117 Å². The lowest BCUT2D eigenvalue weighted by molar-refractivity contribution is -0.154. The van der Waals surface area contributed by atoms with Crippen molar-refractivity contribution in [2.75, 3.05) is 33.0 Å². The summed E-state index contributed by atoms with van der Waals surface area (Å²) in [5, 5.41) is 0. The second-order valence-corrected chi connectivity index (χ2v) is 17.4. The number of esters is 1. The maximum Gasteiger partial charge on any atom is 0.472 e. The average molecular weight is 838 g/mol. The van der Waals surface area contributed by atoms with E-state index in [0.717, 1.165) is 38.5 Å². The number of carbonyl (C=O) groups excluding carboxylic acids is 1. The van der Waals surface area contributed by atoms with E-state index >= 15 is 0 Å². The molecular weight excluding hydrogens is 746 g/mol. The number of hydrogen-bond acceptors (Lipinski definition) is 7. The molecule has 0 radical (unpaired) electrons. The second-order valence-electron chi connectivity index (χ2n) is 16.0. The number of allylic oxidation sites excluding steroid dienone is 8. The maximum atomic E-state index is 12.5. The van der Waals surface area contributed by atoms with Gasteiger partial charge in [0.15, 0.2) is 0 Å². The zero-order valence-electron chi connectivity index (χ0n) is 37.8. The number of nitrogens with two attached hydrogens (primary N) is 1. The fraction of sp³-hybridized carbons (Fsp3) is 0.816. The van der Waals surface area contributed by atoms with Crippen molar-refractivity contribution in [2.45, 2.75) is 225 Å². The van der Waals surface area contributed by atoms with E-state index in [1.165, 1.54) is 154 Å². The van der Waals surface area contributed by atoms with Crippen LogP contribution in [0.3, 0.4) is 0 Å². The molecule has 0 aromatic heterocycles. The zero-order chi connectivity index (χ0) is 42.3. The van der Waals surface area contributed by atoms with Gasteiger partial charge in [-0.2, -0.15) is 0 Å². The van der Waals surface area contributed by atoms with Gasteiger partial charge < -0.3 is 20.1 Å². The van der Waals surface area contributed by atoms with Gasteiger partial charge >= 0.3 is 13.8 Å². The normalized spacial score (nSPS) is 13.8. The molecular formula is C49H92NO7P. The Hall–Kier alpha value is -1.54. The van der Waals surface area contributed by atoms with Gasteiger partial charge in [-0.3, -0.25) is 13.8 Å². The van der Waals surface area contributed by atoms with Crippen molar-refractivity contribution in [3.8, 4) is 0 Å². The molecule has 2 atom stereocenters. The highest BCUT2D eigenvalue weighted by molar-refractivity contribution is 7.47. The highest BCUT2D eigenvalue weighted by atomic mass is 31.2. The molecule has 0 aliphatic carbocycles. The van der Waals surface area contributed by atoms with Crippen LogP contribution in [0.25, 0.3) is 0 Å². The Morgan fingerprint density at radius 3 is 1.34 bits per heavy atom. The minimum absolute atomic E-state index is 0.0893. The van der Waals surface area contributed by atoms with Crippen LogP contribution in [0.15, 0.2) is 48.6 Å². The Kier molecular flexibility index (Phi) is 45.3. The van der Waals surface area contributed by atoms with Gasteiger partial charge in [-0.15, -0.1) is 0 Å². The zero-order valence-corrected chi connectivity index (χ0v) is 38.7. The molecule has 340 valence electrons. The fourth-order valence-electron chi connectivity index (χ4n) is 6.78. The van der Waals surface area contributed by atoms with Crippen LogP contribution in [0, 0.1) is 0 Å². The molecule has 3 N–H and O–H groups in total. The van der Waals surface area contributed by atoms with E-state index in [1.807, 2.05) is 12.2 Å². The third-order valence-electron chi connectivity index (χ3n) is 10.3. The van der Waals surface area contributed by atoms with Crippen LogP contribution in [-0.2, 0) is 27.9 Å². The third-order valence-corrected chi connectivity index (χ3v) is 11.3. The first-order chi connectivity index (χ1) is 28.4. The summed E-state index contributed by atoms with van der Waals surface area (Å²) >= 11 is 0. The Morgan fingerprint density at radius 1 is 0.534 bits per heavy atom. The molecule has 0 aliphatic heterocycles. The molecule has 0 fully saturated rings. The van der Waals surface area contributed by atoms with E-state index in [9.17, 15) is 14.3 Å². The molecule has 9 heteroatoms.